The fourth-order valence-corrected chi connectivity index (χ4v) is 1.98. The largest absolute Gasteiger partial charge is 0.382 e. The van der Waals surface area contributed by atoms with Crippen LogP contribution in [0.15, 0.2) is 0 Å². The molecule has 2 atom stereocenters. The highest BCUT2D eigenvalue weighted by Crippen LogP contribution is 2.15. The Morgan fingerprint density at radius 2 is 1.44 bits per heavy atom. The second-order valence-electron chi connectivity index (χ2n) is 4.77. The van der Waals surface area contributed by atoms with Crippen molar-refractivity contribution in [1.82, 2.24) is 0 Å². The molecule has 5 N–H and O–H groups in total. The van der Waals surface area contributed by atoms with Gasteiger partial charge < -0.3 is 16.6 Å². The van der Waals surface area contributed by atoms with E-state index in [0.717, 1.165) is 19.3 Å². The molecule has 18 heavy (non-hydrogen) atoms. The molecule has 0 aromatic rings. The Bertz CT molecular complexity index is 257. The Kier molecular flexibility index (Phi) is 9.28. The number of hydrogen-bond acceptors (Lipinski definition) is 3. The van der Waals surface area contributed by atoms with Crippen LogP contribution in [0.1, 0.15) is 58.3 Å². The van der Waals surface area contributed by atoms with E-state index < -0.39 is 23.8 Å². The van der Waals surface area contributed by atoms with Gasteiger partial charge in [0.1, 0.15) is 6.10 Å². The summed E-state index contributed by atoms with van der Waals surface area (Å²) in [6.07, 6.45) is 6.74. The summed E-state index contributed by atoms with van der Waals surface area (Å²) in [7, 11) is 0. The van der Waals surface area contributed by atoms with Gasteiger partial charge in [-0.3, -0.25) is 9.59 Å². The van der Waals surface area contributed by atoms with Crippen molar-refractivity contribution in [2.24, 2.45) is 17.4 Å². The molecule has 0 saturated heterocycles. The summed E-state index contributed by atoms with van der Waals surface area (Å²) in [5.74, 6) is -2.40. The summed E-state index contributed by atoms with van der Waals surface area (Å²) in [5.41, 5.74) is 10.1. The van der Waals surface area contributed by atoms with E-state index in [1.165, 1.54) is 25.7 Å². The number of unbranched alkanes of at least 4 members (excludes halogenated alkanes) is 6. The zero-order valence-electron chi connectivity index (χ0n) is 11.2. The lowest BCUT2D eigenvalue weighted by molar-refractivity contribution is -0.136. The highest BCUT2D eigenvalue weighted by molar-refractivity contribution is 5.87. The quantitative estimate of drug-likeness (QED) is 0.482. The lowest BCUT2D eigenvalue weighted by Crippen LogP contribution is -2.41. The Balaban J connectivity index is 3.78. The third-order valence-corrected chi connectivity index (χ3v) is 3.16. The van der Waals surface area contributed by atoms with E-state index in [0.29, 0.717) is 6.42 Å². The van der Waals surface area contributed by atoms with Crippen molar-refractivity contribution < 1.29 is 14.7 Å². The van der Waals surface area contributed by atoms with Crippen LogP contribution in [0, 0.1) is 5.92 Å². The van der Waals surface area contributed by atoms with E-state index in [1.54, 1.807) is 0 Å². The summed E-state index contributed by atoms with van der Waals surface area (Å²) < 4.78 is 0. The predicted octanol–water partition coefficient (Wildman–Crippen LogP) is 1.07. The van der Waals surface area contributed by atoms with Crippen molar-refractivity contribution in [1.29, 1.82) is 0 Å². The van der Waals surface area contributed by atoms with Gasteiger partial charge in [0, 0.05) is 0 Å². The molecular formula is C13H26N2O3. The van der Waals surface area contributed by atoms with Crippen molar-refractivity contribution in [2.75, 3.05) is 0 Å². The van der Waals surface area contributed by atoms with Gasteiger partial charge >= 0.3 is 0 Å². The van der Waals surface area contributed by atoms with Crippen molar-refractivity contribution in [3.05, 3.63) is 0 Å². The molecule has 0 aliphatic rings. The normalized spacial score (nSPS) is 14.1. The van der Waals surface area contributed by atoms with Gasteiger partial charge in [0.15, 0.2) is 0 Å². The smallest absolute Gasteiger partial charge is 0.247 e. The second kappa shape index (κ2) is 9.88. The second-order valence-corrected chi connectivity index (χ2v) is 4.77. The van der Waals surface area contributed by atoms with Gasteiger partial charge in [0.05, 0.1) is 5.92 Å². The van der Waals surface area contributed by atoms with Crippen LogP contribution in [-0.2, 0) is 9.59 Å². The maximum atomic E-state index is 11.1. The molecule has 0 fully saturated rings. The lowest BCUT2D eigenvalue weighted by Gasteiger charge is -2.16. The fraction of sp³-hybridized carbons (Fsp3) is 0.846. The standard InChI is InChI=1S/C13H26N2O3/c1-2-3-4-5-6-7-8-9-10(12(14)17)11(16)13(15)18/h10-11,16H,2-9H2,1H3,(H2,14,17)(H2,15,18)/t10-,11+/m1/s1. The first kappa shape index (κ1) is 16.9. The van der Waals surface area contributed by atoms with E-state index in [-0.39, 0.29) is 0 Å². The van der Waals surface area contributed by atoms with Crippen LogP contribution in [-0.4, -0.2) is 23.0 Å². The number of carbonyl (C=O) groups is 2. The number of hydrogen-bond donors (Lipinski definition) is 3. The molecule has 5 nitrogen and oxygen atoms in total. The Labute approximate surface area is 109 Å². The molecule has 0 heterocycles. The molecule has 0 radical (unpaired) electrons. The van der Waals surface area contributed by atoms with Gasteiger partial charge in [-0.2, -0.15) is 0 Å². The van der Waals surface area contributed by atoms with Crippen LogP contribution in [0.25, 0.3) is 0 Å². The molecule has 0 spiro atoms. The number of primary amides is 2. The molecule has 0 unspecified atom stereocenters. The van der Waals surface area contributed by atoms with Gasteiger partial charge in [-0.25, -0.2) is 0 Å². The Morgan fingerprint density at radius 1 is 0.944 bits per heavy atom. The zero-order valence-corrected chi connectivity index (χ0v) is 11.2. The van der Waals surface area contributed by atoms with Gasteiger partial charge in [-0.15, -0.1) is 0 Å². The van der Waals surface area contributed by atoms with Crippen LogP contribution in [0.4, 0.5) is 0 Å². The van der Waals surface area contributed by atoms with E-state index in [4.69, 9.17) is 11.5 Å². The number of rotatable bonds is 11. The van der Waals surface area contributed by atoms with Gasteiger partial charge in [-0.1, -0.05) is 51.9 Å². The highest BCUT2D eigenvalue weighted by atomic mass is 16.3. The number of nitrogens with two attached hydrogens (primary N) is 2. The van der Waals surface area contributed by atoms with Gasteiger partial charge in [0.25, 0.3) is 0 Å². The maximum absolute atomic E-state index is 11.1. The van der Waals surface area contributed by atoms with Gasteiger partial charge in [-0.05, 0) is 6.42 Å². The summed E-state index contributed by atoms with van der Waals surface area (Å²) >= 11 is 0. The number of amides is 2. The molecule has 0 aliphatic carbocycles. The van der Waals surface area contributed by atoms with Crippen LogP contribution >= 0.6 is 0 Å². The first-order valence-corrected chi connectivity index (χ1v) is 6.77. The van der Waals surface area contributed by atoms with E-state index in [1.807, 2.05) is 0 Å². The first-order valence-electron chi connectivity index (χ1n) is 6.77. The minimum atomic E-state index is -1.46. The molecule has 5 heteroatoms. The van der Waals surface area contributed by atoms with Crippen LogP contribution in [0.5, 0.6) is 0 Å². The minimum Gasteiger partial charge on any atom is -0.382 e. The van der Waals surface area contributed by atoms with Crippen molar-refractivity contribution >= 4 is 11.8 Å². The van der Waals surface area contributed by atoms with E-state index >= 15 is 0 Å². The van der Waals surface area contributed by atoms with Crippen LogP contribution < -0.4 is 11.5 Å². The Morgan fingerprint density at radius 3 is 1.89 bits per heavy atom. The molecular weight excluding hydrogens is 232 g/mol. The monoisotopic (exact) mass is 258 g/mol. The summed E-state index contributed by atoms with van der Waals surface area (Å²) in [6.45, 7) is 2.17. The Hall–Kier alpha value is -1.10. The first-order chi connectivity index (χ1) is 8.50. The lowest BCUT2D eigenvalue weighted by atomic mass is 9.94. The molecule has 0 rings (SSSR count). The molecule has 0 aromatic heterocycles. The number of aliphatic hydroxyl groups is 1. The fourth-order valence-electron chi connectivity index (χ4n) is 1.98. The van der Waals surface area contributed by atoms with Crippen molar-refractivity contribution in [3.63, 3.8) is 0 Å². The SMILES string of the molecule is CCCCCCCCC[C@@H](C(N)=O)[C@H](O)C(N)=O. The van der Waals surface area contributed by atoms with Gasteiger partial charge in [0.2, 0.25) is 11.8 Å². The highest BCUT2D eigenvalue weighted by Gasteiger charge is 2.28. The predicted molar refractivity (Wildman–Crippen MR) is 70.5 cm³/mol. The molecule has 2 amide bonds. The molecule has 0 aromatic carbocycles. The van der Waals surface area contributed by atoms with E-state index in [2.05, 4.69) is 6.92 Å². The molecule has 0 saturated carbocycles. The topological polar surface area (TPSA) is 106 Å². The van der Waals surface area contributed by atoms with Crippen molar-refractivity contribution in [3.8, 4) is 0 Å². The number of aliphatic hydroxyl groups excluding tert-OH is 1. The summed E-state index contributed by atoms with van der Waals surface area (Å²) in [5, 5.41) is 9.45. The third kappa shape index (κ3) is 7.27. The van der Waals surface area contributed by atoms with E-state index in [9.17, 15) is 14.7 Å². The summed E-state index contributed by atoms with van der Waals surface area (Å²) in [6, 6.07) is 0. The van der Waals surface area contributed by atoms with Crippen LogP contribution in [0.3, 0.4) is 0 Å². The molecule has 0 aliphatic heterocycles. The zero-order chi connectivity index (χ0) is 14.0. The average molecular weight is 258 g/mol. The number of carbonyl (C=O) groups excluding carboxylic acids is 2. The maximum Gasteiger partial charge on any atom is 0.247 e. The summed E-state index contributed by atoms with van der Waals surface area (Å²) in [4.78, 5) is 21.9. The average Bonchev–Trinajstić information content (AvgIpc) is 2.31. The minimum absolute atomic E-state index is 0.424. The molecule has 0 bridgehead atoms. The third-order valence-electron chi connectivity index (χ3n) is 3.16. The van der Waals surface area contributed by atoms with Crippen molar-refractivity contribution in [2.45, 2.75) is 64.4 Å². The molecule has 106 valence electrons. The van der Waals surface area contributed by atoms with Crippen LogP contribution in [0.2, 0.25) is 0 Å².